The number of nitrogens with one attached hydrogen (secondary N) is 2. The Morgan fingerprint density at radius 2 is 1.93 bits per heavy atom. The molecule has 1 aliphatic carbocycles. The predicted molar refractivity (Wildman–Crippen MR) is 62.7 cm³/mol. The molecular weight excluding hydrogens is 188 g/mol. The molecule has 88 valence electrons. The van der Waals surface area contributed by atoms with Crippen LogP contribution in [0.15, 0.2) is 0 Å². The van der Waals surface area contributed by atoms with Crippen LogP contribution in [-0.4, -0.2) is 25.0 Å². The summed E-state index contributed by atoms with van der Waals surface area (Å²) in [4.78, 5) is 11.7. The van der Waals surface area contributed by atoms with E-state index >= 15 is 0 Å². The first-order valence-electron chi connectivity index (χ1n) is 6.03. The highest BCUT2D eigenvalue weighted by atomic mass is 16.2. The molecule has 0 aromatic carbocycles. The molecule has 0 aliphatic heterocycles. The van der Waals surface area contributed by atoms with Crippen molar-refractivity contribution < 1.29 is 4.79 Å². The average Bonchev–Trinajstić information content (AvgIpc) is 2.70. The van der Waals surface area contributed by atoms with Gasteiger partial charge in [0.15, 0.2) is 0 Å². The summed E-state index contributed by atoms with van der Waals surface area (Å²) in [5, 5.41) is 6.01. The van der Waals surface area contributed by atoms with Gasteiger partial charge in [-0.15, -0.1) is 0 Å². The fraction of sp³-hybridized carbons (Fsp3) is 0.917. The SMILES string of the molecule is CNC(C)(C)C(=O)NCCC1CCCC1. The van der Waals surface area contributed by atoms with Gasteiger partial charge in [-0.2, -0.15) is 0 Å². The van der Waals surface area contributed by atoms with E-state index in [9.17, 15) is 4.79 Å². The van der Waals surface area contributed by atoms with Gasteiger partial charge >= 0.3 is 0 Å². The second-order valence-electron chi connectivity index (χ2n) is 5.07. The smallest absolute Gasteiger partial charge is 0.239 e. The molecule has 15 heavy (non-hydrogen) atoms. The standard InChI is InChI=1S/C12H24N2O/c1-12(2,13-3)11(15)14-9-8-10-6-4-5-7-10/h10,13H,4-9H2,1-3H3,(H,14,15). The predicted octanol–water partition coefficient (Wildman–Crippen LogP) is 1.68. The van der Waals surface area contributed by atoms with Gasteiger partial charge in [0.1, 0.15) is 0 Å². The van der Waals surface area contributed by atoms with E-state index in [2.05, 4.69) is 10.6 Å². The van der Waals surface area contributed by atoms with Crippen molar-refractivity contribution in [3.05, 3.63) is 0 Å². The second kappa shape index (κ2) is 5.50. The number of hydrogen-bond acceptors (Lipinski definition) is 2. The Balaban J connectivity index is 2.16. The Hall–Kier alpha value is -0.570. The van der Waals surface area contributed by atoms with Crippen LogP contribution in [0.2, 0.25) is 0 Å². The Morgan fingerprint density at radius 3 is 2.47 bits per heavy atom. The van der Waals surface area contributed by atoms with Crippen LogP contribution >= 0.6 is 0 Å². The van der Waals surface area contributed by atoms with Crippen molar-refractivity contribution >= 4 is 5.91 Å². The van der Waals surface area contributed by atoms with Gasteiger partial charge < -0.3 is 10.6 Å². The van der Waals surface area contributed by atoms with E-state index in [1.54, 1.807) is 0 Å². The molecule has 1 fully saturated rings. The van der Waals surface area contributed by atoms with Crippen LogP contribution in [0.4, 0.5) is 0 Å². The number of rotatable bonds is 5. The van der Waals surface area contributed by atoms with E-state index in [0.717, 1.165) is 18.9 Å². The van der Waals surface area contributed by atoms with Crippen LogP contribution in [0.5, 0.6) is 0 Å². The molecule has 0 aromatic heterocycles. The van der Waals surface area contributed by atoms with Crippen molar-refractivity contribution in [2.75, 3.05) is 13.6 Å². The Morgan fingerprint density at radius 1 is 1.33 bits per heavy atom. The molecule has 0 aromatic rings. The monoisotopic (exact) mass is 212 g/mol. The summed E-state index contributed by atoms with van der Waals surface area (Å²) in [6.45, 7) is 4.63. The third-order valence-corrected chi connectivity index (χ3v) is 3.51. The fourth-order valence-electron chi connectivity index (χ4n) is 2.02. The zero-order valence-electron chi connectivity index (χ0n) is 10.2. The van der Waals surface area contributed by atoms with Crippen molar-refractivity contribution in [3.63, 3.8) is 0 Å². The van der Waals surface area contributed by atoms with Gasteiger partial charge in [0, 0.05) is 6.54 Å². The minimum Gasteiger partial charge on any atom is -0.355 e. The van der Waals surface area contributed by atoms with Crippen molar-refractivity contribution in [2.24, 2.45) is 5.92 Å². The van der Waals surface area contributed by atoms with Crippen molar-refractivity contribution in [1.82, 2.24) is 10.6 Å². The lowest BCUT2D eigenvalue weighted by Gasteiger charge is -2.23. The second-order valence-corrected chi connectivity index (χ2v) is 5.07. The van der Waals surface area contributed by atoms with Crippen molar-refractivity contribution in [3.8, 4) is 0 Å². The lowest BCUT2D eigenvalue weighted by Crippen LogP contribution is -2.51. The summed E-state index contributed by atoms with van der Waals surface area (Å²) >= 11 is 0. The molecule has 1 aliphatic rings. The molecule has 1 rings (SSSR count). The molecule has 1 saturated carbocycles. The van der Waals surface area contributed by atoms with Gasteiger partial charge in [0.05, 0.1) is 5.54 Å². The molecule has 0 radical (unpaired) electrons. The van der Waals surface area contributed by atoms with Crippen molar-refractivity contribution in [2.45, 2.75) is 51.5 Å². The topological polar surface area (TPSA) is 41.1 Å². The highest BCUT2D eigenvalue weighted by Crippen LogP contribution is 2.26. The van der Waals surface area contributed by atoms with Gasteiger partial charge in [-0.05, 0) is 33.2 Å². The molecule has 0 saturated heterocycles. The maximum absolute atomic E-state index is 11.7. The van der Waals surface area contributed by atoms with Gasteiger partial charge in [-0.1, -0.05) is 25.7 Å². The first kappa shape index (κ1) is 12.5. The lowest BCUT2D eigenvalue weighted by atomic mass is 10.0. The van der Waals surface area contributed by atoms with Gasteiger partial charge in [0.2, 0.25) is 5.91 Å². The Labute approximate surface area is 93.0 Å². The quantitative estimate of drug-likeness (QED) is 0.728. The molecule has 3 nitrogen and oxygen atoms in total. The Kier molecular flexibility index (Phi) is 4.58. The van der Waals surface area contributed by atoms with E-state index in [-0.39, 0.29) is 5.91 Å². The molecule has 2 N–H and O–H groups in total. The zero-order valence-corrected chi connectivity index (χ0v) is 10.2. The fourth-order valence-corrected chi connectivity index (χ4v) is 2.02. The molecular formula is C12H24N2O. The number of carbonyl (C=O) groups excluding carboxylic acids is 1. The lowest BCUT2D eigenvalue weighted by molar-refractivity contribution is -0.126. The van der Waals surface area contributed by atoms with Crippen LogP contribution in [0.3, 0.4) is 0 Å². The molecule has 0 spiro atoms. The number of amides is 1. The number of hydrogen-bond donors (Lipinski definition) is 2. The van der Waals surface area contributed by atoms with Crippen LogP contribution in [-0.2, 0) is 4.79 Å². The van der Waals surface area contributed by atoms with Crippen molar-refractivity contribution in [1.29, 1.82) is 0 Å². The largest absolute Gasteiger partial charge is 0.355 e. The minimum atomic E-state index is -0.449. The van der Waals surface area contributed by atoms with Crippen LogP contribution in [0.25, 0.3) is 0 Å². The summed E-state index contributed by atoms with van der Waals surface area (Å²) in [5.74, 6) is 0.950. The van der Waals surface area contributed by atoms with Crippen LogP contribution in [0, 0.1) is 5.92 Å². The molecule has 0 bridgehead atoms. The molecule has 3 heteroatoms. The molecule has 0 atom stereocenters. The van der Waals surface area contributed by atoms with E-state index < -0.39 is 5.54 Å². The molecule has 0 unspecified atom stereocenters. The maximum atomic E-state index is 11.7. The molecule has 1 amide bonds. The van der Waals surface area contributed by atoms with E-state index in [1.807, 2.05) is 20.9 Å². The third-order valence-electron chi connectivity index (χ3n) is 3.51. The van der Waals surface area contributed by atoms with Gasteiger partial charge in [0.25, 0.3) is 0 Å². The normalized spacial score (nSPS) is 18.1. The number of carbonyl (C=O) groups is 1. The van der Waals surface area contributed by atoms with E-state index in [1.165, 1.54) is 25.7 Å². The summed E-state index contributed by atoms with van der Waals surface area (Å²) < 4.78 is 0. The van der Waals surface area contributed by atoms with E-state index in [0.29, 0.717) is 0 Å². The molecule has 0 heterocycles. The summed E-state index contributed by atoms with van der Waals surface area (Å²) in [6, 6.07) is 0. The van der Waals surface area contributed by atoms with Gasteiger partial charge in [-0.25, -0.2) is 0 Å². The zero-order chi connectivity index (χ0) is 11.3. The van der Waals surface area contributed by atoms with Gasteiger partial charge in [-0.3, -0.25) is 4.79 Å². The summed E-state index contributed by atoms with van der Waals surface area (Å²) in [6.07, 6.45) is 6.60. The summed E-state index contributed by atoms with van der Waals surface area (Å²) in [7, 11) is 1.82. The highest BCUT2D eigenvalue weighted by Gasteiger charge is 2.24. The first-order chi connectivity index (χ1) is 7.06. The van der Waals surface area contributed by atoms with Crippen LogP contribution < -0.4 is 10.6 Å². The third kappa shape index (κ3) is 3.82. The average molecular weight is 212 g/mol. The minimum absolute atomic E-state index is 0.1000. The highest BCUT2D eigenvalue weighted by molar-refractivity contribution is 5.85. The first-order valence-corrected chi connectivity index (χ1v) is 6.03. The Bertz CT molecular complexity index is 208. The van der Waals surface area contributed by atoms with Crippen LogP contribution in [0.1, 0.15) is 46.0 Å². The maximum Gasteiger partial charge on any atom is 0.239 e. The number of likely N-dealkylation sites (N-methyl/N-ethyl adjacent to an activating group) is 1. The van der Waals surface area contributed by atoms with E-state index in [4.69, 9.17) is 0 Å². The summed E-state index contributed by atoms with van der Waals surface area (Å²) in [5.41, 5.74) is -0.449.